The third-order valence-corrected chi connectivity index (χ3v) is 7.95. The second-order valence-electron chi connectivity index (χ2n) is 11.7. The first-order valence-electron chi connectivity index (χ1n) is 15.5. The number of aromatic nitrogens is 3. The number of unbranched alkanes of at least 4 members (excludes halogenated alkanes) is 2. The predicted molar refractivity (Wildman–Crippen MR) is 164 cm³/mol. The lowest BCUT2D eigenvalue weighted by Gasteiger charge is -2.24. The highest BCUT2D eigenvalue weighted by atomic mass is 16.6. The van der Waals surface area contributed by atoms with Crippen LogP contribution >= 0.6 is 0 Å². The van der Waals surface area contributed by atoms with Crippen molar-refractivity contribution in [1.29, 1.82) is 0 Å². The van der Waals surface area contributed by atoms with Crippen molar-refractivity contribution in [3.05, 3.63) is 92.3 Å². The maximum Gasteiger partial charge on any atom is 0.349 e. The quantitative estimate of drug-likeness (QED) is 0.167. The van der Waals surface area contributed by atoms with Crippen LogP contribution in [0.2, 0.25) is 0 Å². The number of rotatable bonds is 15. The summed E-state index contributed by atoms with van der Waals surface area (Å²) in [7, 11) is 0. The van der Waals surface area contributed by atoms with Gasteiger partial charge in [0, 0.05) is 19.0 Å². The number of nitrogens with zero attached hydrogens (tertiary/aromatic N) is 3. The Morgan fingerprint density at radius 2 is 1.57 bits per heavy atom. The second-order valence-corrected chi connectivity index (χ2v) is 11.7. The van der Waals surface area contributed by atoms with Crippen molar-refractivity contribution < 1.29 is 14.3 Å². The van der Waals surface area contributed by atoms with Gasteiger partial charge in [-0.2, -0.15) is 5.10 Å². The third-order valence-electron chi connectivity index (χ3n) is 7.95. The minimum Gasteiger partial charge on any atom is -0.476 e. The van der Waals surface area contributed by atoms with E-state index in [4.69, 9.17) is 9.47 Å². The first-order chi connectivity index (χ1) is 20.3. The lowest BCUT2D eigenvalue weighted by molar-refractivity contribution is -0.158. The number of carbonyl (C=O) groups is 1. The predicted octanol–water partition coefficient (Wildman–Crippen LogP) is 5.83. The van der Waals surface area contributed by atoms with Gasteiger partial charge in [-0.25, -0.2) is 14.3 Å². The maximum atomic E-state index is 13.4. The standard InChI is InChI=1S/C34H45N3O5/c1-4-41-32(39)34(2,3)42-29-22-14-19-27(25-29)18-10-12-23-36-31(38)30(28-20-8-9-21-28)35-37(33(36)40)24-13-11-17-26-15-6-5-7-16-26/h5-7,14-16,19,22,25,28H,4,8-13,17-18,20-21,23-24H2,1-3H3. The Kier molecular flexibility index (Phi) is 11.2. The molecule has 0 radical (unpaired) electrons. The summed E-state index contributed by atoms with van der Waals surface area (Å²) in [6, 6.07) is 18.0. The zero-order valence-electron chi connectivity index (χ0n) is 25.3. The summed E-state index contributed by atoms with van der Waals surface area (Å²) in [4.78, 5) is 39.0. The SMILES string of the molecule is CCOC(=O)C(C)(C)Oc1cccc(CCCCn2c(=O)c(C3CCCC3)nn(CCCCc3ccccc3)c2=O)c1. The van der Waals surface area contributed by atoms with E-state index in [1.54, 1.807) is 20.8 Å². The van der Waals surface area contributed by atoms with Gasteiger partial charge in [0.15, 0.2) is 5.60 Å². The normalized spacial score (nSPS) is 13.8. The fraction of sp³-hybridized carbons (Fsp3) is 0.529. The molecule has 1 aliphatic carbocycles. The molecule has 0 bridgehead atoms. The van der Waals surface area contributed by atoms with Crippen molar-refractivity contribution >= 4 is 5.97 Å². The molecule has 0 N–H and O–H groups in total. The Labute approximate surface area is 248 Å². The van der Waals surface area contributed by atoms with Crippen LogP contribution in [0.4, 0.5) is 0 Å². The van der Waals surface area contributed by atoms with Crippen molar-refractivity contribution in [3.8, 4) is 5.75 Å². The van der Waals surface area contributed by atoms with E-state index in [1.807, 2.05) is 42.5 Å². The van der Waals surface area contributed by atoms with E-state index in [0.29, 0.717) is 37.6 Å². The van der Waals surface area contributed by atoms with Crippen molar-refractivity contribution in [2.24, 2.45) is 0 Å². The molecule has 4 rings (SSSR count). The molecular weight excluding hydrogens is 530 g/mol. The van der Waals surface area contributed by atoms with Crippen molar-refractivity contribution in [3.63, 3.8) is 0 Å². The Balaban J connectivity index is 1.39. The molecule has 1 aliphatic rings. The molecule has 0 aliphatic heterocycles. The van der Waals surface area contributed by atoms with Crippen molar-refractivity contribution in [2.45, 2.75) is 110 Å². The van der Waals surface area contributed by atoms with Crippen molar-refractivity contribution in [2.75, 3.05) is 6.61 Å². The van der Waals surface area contributed by atoms with Gasteiger partial charge >= 0.3 is 11.7 Å². The Morgan fingerprint density at radius 1 is 0.905 bits per heavy atom. The lowest BCUT2D eigenvalue weighted by Crippen LogP contribution is -2.44. The molecule has 0 atom stereocenters. The molecule has 0 amide bonds. The van der Waals surface area contributed by atoms with E-state index in [9.17, 15) is 14.4 Å². The molecule has 8 heteroatoms. The van der Waals surface area contributed by atoms with Crippen LogP contribution in [0.15, 0.2) is 64.2 Å². The van der Waals surface area contributed by atoms with E-state index in [2.05, 4.69) is 17.2 Å². The van der Waals surface area contributed by atoms with Crippen LogP contribution in [0.3, 0.4) is 0 Å². The van der Waals surface area contributed by atoms with Gasteiger partial charge in [0.05, 0.1) is 6.61 Å². The molecular formula is C34H45N3O5. The zero-order valence-corrected chi connectivity index (χ0v) is 25.3. The number of aryl methyl sites for hydroxylation is 3. The molecule has 3 aromatic rings. The first-order valence-corrected chi connectivity index (χ1v) is 15.5. The highest BCUT2D eigenvalue weighted by molar-refractivity contribution is 5.79. The van der Waals surface area contributed by atoms with E-state index < -0.39 is 11.6 Å². The van der Waals surface area contributed by atoms with E-state index in [1.165, 1.54) is 14.8 Å². The average Bonchev–Trinajstić information content (AvgIpc) is 3.51. The Hall–Kier alpha value is -3.68. The highest BCUT2D eigenvalue weighted by Gasteiger charge is 2.31. The largest absolute Gasteiger partial charge is 0.476 e. The smallest absolute Gasteiger partial charge is 0.349 e. The molecule has 0 saturated heterocycles. The van der Waals surface area contributed by atoms with E-state index in [-0.39, 0.29) is 17.2 Å². The van der Waals surface area contributed by atoms with Gasteiger partial charge in [0.25, 0.3) is 5.56 Å². The lowest BCUT2D eigenvalue weighted by atomic mass is 10.0. The van der Waals surface area contributed by atoms with Gasteiger partial charge in [-0.3, -0.25) is 9.36 Å². The molecule has 8 nitrogen and oxygen atoms in total. The summed E-state index contributed by atoms with van der Waals surface area (Å²) in [6.45, 7) is 6.34. The fourth-order valence-corrected chi connectivity index (χ4v) is 5.62. The summed E-state index contributed by atoms with van der Waals surface area (Å²) in [5.74, 6) is 0.339. The number of ether oxygens (including phenoxy) is 2. The summed E-state index contributed by atoms with van der Waals surface area (Å²) >= 11 is 0. The molecule has 42 heavy (non-hydrogen) atoms. The van der Waals surface area contributed by atoms with Crippen LogP contribution in [0.5, 0.6) is 5.75 Å². The summed E-state index contributed by atoms with van der Waals surface area (Å²) in [6.07, 6.45) is 9.11. The number of hydrogen-bond donors (Lipinski definition) is 0. The third kappa shape index (κ3) is 8.43. The maximum absolute atomic E-state index is 13.4. The number of benzene rings is 2. The highest BCUT2D eigenvalue weighted by Crippen LogP contribution is 2.31. The fourth-order valence-electron chi connectivity index (χ4n) is 5.62. The molecule has 2 aromatic carbocycles. The molecule has 0 spiro atoms. The minimum absolute atomic E-state index is 0.140. The van der Waals surface area contributed by atoms with Gasteiger partial charge in [-0.05, 0) is 95.4 Å². The van der Waals surface area contributed by atoms with Crippen LogP contribution in [0.25, 0.3) is 0 Å². The van der Waals surface area contributed by atoms with Crippen LogP contribution in [-0.4, -0.2) is 32.5 Å². The minimum atomic E-state index is -1.09. The van der Waals surface area contributed by atoms with Gasteiger partial charge in [0.2, 0.25) is 0 Å². The van der Waals surface area contributed by atoms with Gasteiger partial charge in [-0.1, -0.05) is 55.3 Å². The van der Waals surface area contributed by atoms with E-state index in [0.717, 1.165) is 63.4 Å². The van der Waals surface area contributed by atoms with Crippen LogP contribution in [-0.2, 0) is 35.5 Å². The summed E-state index contributed by atoms with van der Waals surface area (Å²) in [5.41, 5.74) is 1.30. The Morgan fingerprint density at radius 3 is 2.29 bits per heavy atom. The topological polar surface area (TPSA) is 92.4 Å². The second kappa shape index (κ2) is 15.0. The number of carbonyl (C=O) groups excluding carboxylic acids is 1. The number of hydrogen-bond acceptors (Lipinski definition) is 6. The van der Waals surface area contributed by atoms with Crippen LogP contribution in [0, 0.1) is 0 Å². The molecule has 1 fully saturated rings. The summed E-state index contributed by atoms with van der Waals surface area (Å²) in [5, 5.41) is 4.62. The van der Waals surface area contributed by atoms with Crippen molar-refractivity contribution in [1.82, 2.24) is 14.3 Å². The van der Waals surface area contributed by atoms with E-state index >= 15 is 0 Å². The monoisotopic (exact) mass is 575 g/mol. The van der Waals surface area contributed by atoms with Gasteiger partial charge < -0.3 is 9.47 Å². The molecule has 1 heterocycles. The van der Waals surface area contributed by atoms with Gasteiger partial charge in [-0.15, -0.1) is 0 Å². The average molecular weight is 576 g/mol. The van der Waals surface area contributed by atoms with Crippen LogP contribution < -0.4 is 16.0 Å². The van der Waals surface area contributed by atoms with Gasteiger partial charge in [0.1, 0.15) is 11.4 Å². The Bertz CT molecular complexity index is 1420. The molecule has 1 aromatic heterocycles. The molecule has 1 saturated carbocycles. The molecule has 0 unspecified atom stereocenters. The zero-order chi connectivity index (χ0) is 30.0. The molecule has 226 valence electrons. The summed E-state index contributed by atoms with van der Waals surface area (Å²) < 4.78 is 14.0. The van der Waals surface area contributed by atoms with Crippen LogP contribution in [0.1, 0.15) is 94.9 Å². The number of esters is 1. The first kappa shape index (κ1) is 31.3.